The van der Waals surface area contributed by atoms with Crippen LogP contribution in [0.3, 0.4) is 0 Å². The number of nitrogen functional groups attached to an aromatic ring is 1. The maximum atomic E-state index is 9.80. The van der Waals surface area contributed by atoms with E-state index in [4.69, 9.17) is 17.3 Å². The Morgan fingerprint density at radius 1 is 1.40 bits per heavy atom. The van der Waals surface area contributed by atoms with Gasteiger partial charge in [-0.15, -0.1) is 0 Å². The van der Waals surface area contributed by atoms with E-state index < -0.39 is 0 Å². The van der Waals surface area contributed by atoms with Gasteiger partial charge in [-0.3, -0.25) is 4.90 Å². The average molecular weight is 298 g/mol. The number of aliphatic hydroxyl groups excluding tert-OH is 1. The molecule has 0 bridgehead atoms. The third-order valence-electron chi connectivity index (χ3n) is 4.01. The van der Waals surface area contributed by atoms with Crippen LogP contribution >= 0.6 is 11.6 Å². The first kappa shape index (κ1) is 15.6. The summed E-state index contributed by atoms with van der Waals surface area (Å²) in [6.07, 6.45) is 0. The highest BCUT2D eigenvalue weighted by molar-refractivity contribution is 6.30. The summed E-state index contributed by atoms with van der Waals surface area (Å²) >= 11 is 6.14. The molecule has 1 atom stereocenters. The van der Waals surface area contributed by atoms with E-state index >= 15 is 0 Å². The van der Waals surface area contributed by atoms with Gasteiger partial charge in [0.1, 0.15) is 0 Å². The number of hydrogen-bond acceptors (Lipinski definition) is 4. The second-order valence-corrected chi connectivity index (χ2v) is 6.54. The summed E-state index contributed by atoms with van der Waals surface area (Å²) in [4.78, 5) is 2.38. The predicted molar refractivity (Wildman–Crippen MR) is 83.9 cm³/mol. The highest BCUT2D eigenvalue weighted by atomic mass is 35.5. The van der Waals surface area contributed by atoms with Gasteiger partial charge in [-0.2, -0.15) is 0 Å². The molecule has 0 saturated carbocycles. The van der Waals surface area contributed by atoms with Gasteiger partial charge in [0, 0.05) is 55.0 Å². The van der Waals surface area contributed by atoms with Crippen molar-refractivity contribution in [3.63, 3.8) is 0 Å². The topological polar surface area (TPSA) is 61.5 Å². The lowest BCUT2D eigenvalue weighted by molar-refractivity contribution is 0.0309. The molecule has 0 amide bonds. The fourth-order valence-electron chi connectivity index (χ4n) is 2.92. The van der Waals surface area contributed by atoms with E-state index in [9.17, 15) is 5.11 Å². The van der Waals surface area contributed by atoms with Gasteiger partial charge in [-0.1, -0.05) is 25.4 Å². The number of hydrogen-bond donors (Lipinski definition) is 3. The van der Waals surface area contributed by atoms with E-state index in [0.29, 0.717) is 5.02 Å². The molecular formula is C15H24ClN3O. The van der Waals surface area contributed by atoms with E-state index in [1.807, 2.05) is 12.1 Å². The second-order valence-electron chi connectivity index (χ2n) is 6.11. The van der Waals surface area contributed by atoms with Crippen LogP contribution in [0.25, 0.3) is 0 Å². The van der Waals surface area contributed by atoms with E-state index in [1.54, 1.807) is 6.07 Å². The number of benzene rings is 1. The van der Waals surface area contributed by atoms with Crippen LogP contribution in [0.1, 0.15) is 25.5 Å². The van der Waals surface area contributed by atoms with Crippen molar-refractivity contribution >= 4 is 17.3 Å². The zero-order valence-corrected chi connectivity index (χ0v) is 13.0. The van der Waals surface area contributed by atoms with Gasteiger partial charge < -0.3 is 16.2 Å². The molecule has 1 aromatic rings. The number of anilines is 1. The molecule has 4 nitrogen and oxygen atoms in total. The zero-order chi connectivity index (χ0) is 14.8. The Morgan fingerprint density at radius 2 is 2.05 bits per heavy atom. The molecule has 5 heteroatoms. The van der Waals surface area contributed by atoms with Gasteiger partial charge in [0.25, 0.3) is 0 Å². The average Bonchev–Trinajstić information content (AvgIpc) is 2.44. The van der Waals surface area contributed by atoms with E-state index in [2.05, 4.69) is 24.1 Å². The van der Waals surface area contributed by atoms with Crippen molar-refractivity contribution in [2.45, 2.75) is 19.9 Å². The van der Waals surface area contributed by atoms with Crippen molar-refractivity contribution in [3.05, 3.63) is 28.8 Å². The molecule has 112 valence electrons. The Bertz CT molecular complexity index is 458. The van der Waals surface area contributed by atoms with Gasteiger partial charge in [0.15, 0.2) is 0 Å². The van der Waals surface area contributed by atoms with Crippen molar-refractivity contribution < 1.29 is 5.11 Å². The molecule has 20 heavy (non-hydrogen) atoms. The number of rotatable bonds is 4. The monoisotopic (exact) mass is 297 g/mol. The first-order valence-corrected chi connectivity index (χ1v) is 7.44. The molecule has 0 unspecified atom stereocenters. The lowest BCUT2D eigenvalue weighted by atomic mass is 9.79. The van der Waals surface area contributed by atoms with Crippen LogP contribution in [0.15, 0.2) is 18.2 Å². The summed E-state index contributed by atoms with van der Waals surface area (Å²) in [6.45, 7) is 8.05. The Hall–Kier alpha value is -0.810. The maximum absolute atomic E-state index is 9.80. The van der Waals surface area contributed by atoms with Crippen molar-refractivity contribution in [1.29, 1.82) is 0 Å². The van der Waals surface area contributed by atoms with Crippen molar-refractivity contribution in [3.8, 4) is 0 Å². The highest BCUT2D eigenvalue weighted by Crippen LogP contribution is 2.41. The molecule has 1 saturated heterocycles. The Kier molecular flexibility index (Phi) is 4.91. The molecule has 1 heterocycles. The number of piperazine rings is 1. The molecule has 0 radical (unpaired) electrons. The number of halogens is 1. The van der Waals surface area contributed by atoms with Gasteiger partial charge in [0.05, 0.1) is 0 Å². The number of nitrogens with one attached hydrogen (secondary N) is 1. The predicted octanol–water partition coefficient (Wildman–Crippen LogP) is 1.89. The van der Waals surface area contributed by atoms with Crippen LogP contribution in [0.5, 0.6) is 0 Å². The van der Waals surface area contributed by atoms with Crippen molar-refractivity contribution in [2.75, 3.05) is 38.5 Å². The van der Waals surface area contributed by atoms with Crippen LogP contribution in [-0.4, -0.2) is 42.8 Å². The standard InChI is InChI=1S/C15H24ClN3O/c1-15(2,10-20)14(19-7-5-18-6-8-19)12-9-11(16)3-4-13(12)17/h3-4,9,14,18,20H,5-8,10,17H2,1-2H3/t14-/m0/s1. The molecule has 0 aliphatic carbocycles. The SMILES string of the molecule is CC(C)(CO)[C@H](c1cc(Cl)ccc1N)N1CCNCC1. The molecule has 1 aromatic carbocycles. The smallest absolute Gasteiger partial charge is 0.0500 e. The third-order valence-corrected chi connectivity index (χ3v) is 4.24. The first-order chi connectivity index (χ1) is 9.45. The molecule has 1 fully saturated rings. The minimum atomic E-state index is -0.282. The van der Waals surface area contributed by atoms with E-state index in [0.717, 1.165) is 37.4 Å². The van der Waals surface area contributed by atoms with E-state index in [1.165, 1.54) is 0 Å². The molecule has 1 aliphatic heterocycles. The zero-order valence-electron chi connectivity index (χ0n) is 12.2. The largest absolute Gasteiger partial charge is 0.398 e. The molecular weight excluding hydrogens is 274 g/mol. The van der Waals surface area contributed by atoms with Crippen molar-refractivity contribution in [2.24, 2.45) is 5.41 Å². The fraction of sp³-hybridized carbons (Fsp3) is 0.600. The quantitative estimate of drug-likeness (QED) is 0.743. The highest BCUT2D eigenvalue weighted by Gasteiger charge is 2.36. The Morgan fingerprint density at radius 3 is 2.65 bits per heavy atom. The fourth-order valence-corrected chi connectivity index (χ4v) is 3.10. The molecule has 0 spiro atoms. The normalized spacial score (nSPS) is 19.0. The Balaban J connectivity index is 2.42. The summed E-state index contributed by atoms with van der Waals surface area (Å²) in [6, 6.07) is 5.65. The van der Waals surface area contributed by atoms with E-state index in [-0.39, 0.29) is 18.1 Å². The van der Waals surface area contributed by atoms with Crippen LogP contribution in [-0.2, 0) is 0 Å². The third kappa shape index (κ3) is 3.26. The van der Waals surface area contributed by atoms with Gasteiger partial charge in [-0.25, -0.2) is 0 Å². The summed E-state index contributed by atoms with van der Waals surface area (Å²) in [5.74, 6) is 0. The summed E-state index contributed by atoms with van der Waals surface area (Å²) < 4.78 is 0. The minimum Gasteiger partial charge on any atom is -0.398 e. The Labute approximate surface area is 125 Å². The minimum absolute atomic E-state index is 0.0632. The number of nitrogens with two attached hydrogens (primary N) is 1. The molecule has 0 aromatic heterocycles. The van der Waals surface area contributed by atoms with Gasteiger partial charge in [0.2, 0.25) is 0 Å². The first-order valence-electron chi connectivity index (χ1n) is 7.06. The lowest BCUT2D eigenvalue weighted by Gasteiger charge is -2.44. The van der Waals surface area contributed by atoms with Crippen LogP contribution in [0.2, 0.25) is 5.02 Å². The number of nitrogens with zero attached hydrogens (tertiary/aromatic N) is 1. The van der Waals surface area contributed by atoms with Crippen molar-refractivity contribution in [1.82, 2.24) is 10.2 Å². The maximum Gasteiger partial charge on any atom is 0.0500 e. The van der Waals surface area contributed by atoms with Crippen LogP contribution < -0.4 is 11.1 Å². The second kappa shape index (κ2) is 6.31. The molecule has 2 rings (SSSR count). The van der Waals surface area contributed by atoms with Crippen LogP contribution in [0.4, 0.5) is 5.69 Å². The number of aliphatic hydroxyl groups is 1. The molecule has 4 N–H and O–H groups in total. The summed E-state index contributed by atoms with van der Waals surface area (Å²) in [7, 11) is 0. The molecule has 1 aliphatic rings. The van der Waals surface area contributed by atoms with Crippen LogP contribution in [0, 0.1) is 5.41 Å². The lowest BCUT2D eigenvalue weighted by Crippen LogP contribution is -2.49. The van der Waals surface area contributed by atoms with Gasteiger partial charge in [-0.05, 0) is 23.8 Å². The summed E-state index contributed by atoms with van der Waals surface area (Å²) in [5, 5.41) is 13.8. The summed E-state index contributed by atoms with van der Waals surface area (Å²) in [5.41, 5.74) is 7.63. The van der Waals surface area contributed by atoms with Gasteiger partial charge >= 0.3 is 0 Å².